The fraction of sp³-hybridized carbons (Fsp3) is 0.529. The first-order valence-corrected chi connectivity index (χ1v) is 7.98. The van der Waals surface area contributed by atoms with Gasteiger partial charge in [0, 0.05) is 13.1 Å². The second-order valence-electron chi connectivity index (χ2n) is 5.93. The average molecular weight is 323 g/mol. The number of benzene rings is 1. The maximum atomic E-state index is 12.8. The highest BCUT2D eigenvalue weighted by atomic mass is 19.1. The molecular weight excluding hydrogens is 297 g/mol. The number of carbonyl (C=O) groups excluding carboxylic acids is 2. The molecule has 0 spiro atoms. The van der Waals surface area contributed by atoms with E-state index in [2.05, 4.69) is 16.0 Å². The average Bonchev–Trinajstić information content (AvgIpc) is 2.51. The van der Waals surface area contributed by atoms with Crippen molar-refractivity contribution < 1.29 is 14.0 Å². The molecule has 0 aromatic heterocycles. The molecule has 3 N–H and O–H groups in total. The Balaban J connectivity index is 2.46. The molecule has 0 saturated heterocycles. The number of halogens is 1. The van der Waals surface area contributed by atoms with Crippen molar-refractivity contribution in [2.24, 2.45) is 5.92 Å². The Bertz CT molecular complexity index is 503. The summed E-state index contributed by atoms with van der Waals surface area (Å²) < 4.78 is 12.8. The largest absolute Gasteiger partial charge is 0.354 e. The Morgan fingerprint density at radius 1 is 1.13 bits per heavy atom. The van der Waals surface area contributed by atoms with Crippen molar-refractivity contribution in [2.75, 3.05) is 6.54 Å². The molecule has 0 aliphatic heterocycles. The molecule has 0 heterocycles. The zero-order valence-electron chi connectivity index (χ0n) is 14.0. The number of nitrogens with one attached hydrogen (secondary N) is 3. The number of hydrogen-bond donors (Lipinski definition) is 3. The van der Waals surface area contributed by atoms with Gasteiger partial charge < -0.3 is 16.0 Å². The maximum Gasteiger partial charge on any atom is 0.315 e. The van der Waals surface area contributed by atoms with Gasteiger partial charge in [-0.25, -0.2) is 9.18 Å². The van der Waals surface area contributed by atoms with Crippen LogP contribution in [0.2, 0.25) is 0 Å². The molecule has 1 unspecified atom stereocenters. The molecule has 1 aromatic rings. The summed E-state index contributed by atoms with van der Waals surface area (Å²) in [6.45, 7) is 6.84. The van der Waals surface area contributed by atoms with Gasteiger partial charge in [-0.05, 0) is 30.0 Å². The first-order chi connectivity index (χ1) is 10.9. The van der Waals surface area contributed by atoms with E-state index < -0.39 is 12.1 Å². The van der Waals surface area contributed by atoms with Crippen LogP contribution in [0.4, 0.5) is 9.18 Å². The quantitative estimate of drug-likeness (QED) is 0.688. The second kappa shape index (κ2) is 9.82. The number of hydrogen-bond acceptors (Lipinski definition) is 2. The van der Waals surface area contributed by atoms with Crippen molar-refractivity contribution in [2.45, 2.75) is 46.2 Å². The minimum Gasteiger partial charge on any atom is -0.354 e. The molecule has 0 aliphatic rings. The lowest BCUT2D eigenvalue weighted by Crippen LogP contribution is -2.50. The molecule has 0 radical (unpaired) electrons. The Morgan fingerprint density at radius 3 is 2.35 bits per heavy atom. The van der Waals surface area contributed by atoms with Crippen LogP contribution >= 0.6 is 0 Å². The molecular formula is C17H26FN3O2. The van der Waals surface area contributed by atoms with E-state index in [1.54, 1.807) is 12.1 Å². The number of carbonyl (C=O) groups is 2. The van der Waals surface area contributed by atoms with Gasteiger partial charge in [0.2, 0.25) is 5.91 Å². The molecule has 5 nitrogen and oxygen atoms in total. The standard InChI is InChI=1S/C17H26FN3O2/c1-4-5-15(16(22)19-10-12(2)3)21-17(23)20-11-13-6-8-14(18)9-7-13/h6-9,12,15H,4-5,10-11H2,1-3H3,(H,19,22)(H2,20,21,23). The summed E-state index contributed by atoms with van der Waals surface area (Å²) in [5, 5.41) is 8.19. The van der Waals surface area contributed by atoms with Crippen LogP contribution in [-0.2, 0) is 11.3 Å². The van der Waals surface area contributed by atoms with Crippen molar-refractivity contribution in [1.29, 1.82) is 0 Å². The highest BCUT2D eigenvalue weighted by Gasteiger charge is 2.19. The maximum absolute atomic E-state index is 12.8. The van der Waals surface area contributed by atoms with Crippen LogP contribution in [0.15, 0.2) is 24.3 Å². The van der Waals surface area contributed by atoms with Gasteiger partial charge in [-0.2, -0.15) is 0 Å². The summed E-state index contributed by atoms with van der Waals surface area (Å²) in [5.41, 5.74) is 0.790. The van der Waals surface area contributed by atoms with Crippen LogP contribution in [-0.4, -0.2) is 24.5 Å². The first-order valence-electron chi connectivity index (χ1n) is 7.98. The molecule has 0 aliphatic carbocycles. The van der Waals surface area contributed by atoms with Crippen LogP contribution < -0.4 is 16.0 Å². The van der Waals surface area contributed by atoms with Crippen LogP contribution in [0.1, 0.15) is 39.2 Å². The second-order valence-corrected chi connectivity index (χ2v) is 5.93. The number of amides is 3. The number of rotatable bonds is 8. The zero-order chi connectivity index (χ0) is 17.2. The molecule has 0 saturated carbocycles. The highest BCUT2D eigenvalue weighted by molar-refractivity contribution is 5.86. The SMILES string of the molecule is CCCC(NC(=O)NCc1ccc(F)cc1)C(=O)NCC(C)C. The lowest BCUT2D eigenvalue weighted by atomic mass is 10.1. The molecule has 23 heavy (non-hydrogen) atoms. The fourth-order valence-electron chi connectivity index (χ4n) is 1.98. The third-order valence-electron chi connectivity index (χ3n) is 3.25. The van der Waals surface area contributed by atoms with E-state index in [0.29, 0.717) is 18.9 Å². The zero-order valence-corrected chi connectivity index (χ0v) is 14.0. The van der Waals surface area contributed by atoms with E-state index in [1.165, 1.54) is 12.1 Å². The van der Waals surface area contributed by atoms with Gasteiger partial charge >= 0.3 is 6.03 Å². The van der Waals surface area contributed by atoms with E-state index in [-0.39, 0.29) is 18.3 Å². The molecule has 1 rings (SSSR count). The Morgan fingerprint density at radius 2 is 1.78 bits per heavy atom. The molecule has 3 amide bonds. The topological polar surface area (TPSA) is 70.2 Å². The van der Waals surface area contributed by atoms with Gasteiger partial charge in [0.1, 0.15) is 11.9 Å². The first kappa shape index (κ1) is 18.9. The monoisotopic (exact) mass is 323 g/mol. The molecule has 0 fully saturated rings. The molecule has 0 bridgehead atoms. The summed E-state index contributed by atoms with van der Waals surface area (Å²) in [4.78, 5) is 24.0. The normalized spacial score (nSPS) is 11.9. The molecule has 1 aromatic carbocycles. The van der Waals surface area contributed by atoms with E-state index >= 15 is 0 Å². The van der Waals surface area contributed by atoms with Crippen molar-refractivity contribution in [3.63, 3.8) is 0 Å². The van der Waals surface area contributed by atoms with Crippen LogP contribution in [0.3, 0.4) is 0 Å². The van der Waals surface area contributed by atoms with E-state index in [1.807, 2.05) is 20.8 Å². The summed E-state index contributed by atoms with van der Waals surface area (Å²) in [6.07, 6.45) is 1.37. The van der Waals surface area contributed by atoms with Crippen LogP contribution in [0.5, 0.6) is 0 Å². The number of urea groups is 1. The van der Waals surface area contributed by atoms with Crippen LogP contribution in [0, 0.1) is 11.7 Å². The van der Waals surface area contributed by atoms with Gasteiger partial charge in [-0.15, -0.1) is 0 Å². The van der Waals surface area contributed by atoms with Gasteiger partial charge in [-0.3, -0.25) is 4.79 Å². The minimum absolute atomic E-state index is 0.169. The van der Waals surface area contributed by atoms with Crippen molar-refractivity contribution in [1.82, 2.24) is 16.0 Å². The van der Waals surface area contributed by atoms with Crippen molar-refractivity contribution in [3.05, 3.63) is 35.6 Å². The molecule has 1 atom stereocenters. The summed E-state index contributed by atoms with van der Waals surface area (Å²) in [6, 6.07) is 4.94. The summed E-state index contributed by atoms with van der Waals surface area (Å²) in [5.74, 6) is -0.131. The van der Waals surface area contributed by atoms with E-state index in [0.717, 1.165) is 12.0 Å². The van der Waals surface area contributed by atoms with Gasteiger partial charge in [0.25, 0.3) is 0 Å². The lowest BCUT2D eigenvalue weighted by molar-refractivity contribution is -0.123. The lowest BCUT2D eigenvalue weighted by Gasteiger charge is -2.19. The minimum atomic E-state index is -0.549. The van der Waals surface area contributed by atoms with Gasteiger partial charge in [-0.1, -0.05) is 39.3 Å². The van der Waals surface area contributed by atoms with Crippen molar-refractivity contribution >= 4 is 11.9 Å². The smallest absolute Gasteiger partial charge is 0.315 e. The third kappa shape index (κ3) is 7.63. The summed E-state index contributed by atoms with van der Waals surface area (Å²) in [7, 11) is 0. The molecule has 128 valence electrons. The van der Waals surface area contributed by atoms with Crippen molar-refractivity contribution in [3.8, 4) is 0 Å². The molecule has 6 heteroatoms. The fourth-order valence-corrected chi connectivity index (χ4v) is 1.98. The Hall–Kier alpha value is -2.11. The van der Waals surface area contributed by atoms with E-state index in [9.17, 15) is 14.0 Å². The Kier molecular flexibility index (Phi) is 8.08. The van der Waals surface area contributed by atoms with Gasteiger partial charge in [0.05, 0.1) is 0 Å². The van der Waals surface area contributed by atoms with E-state index in [4.69, 9.17) is 0 Å². The van der Waals surface area contributed by atoms with Crippen LogP contribution in [0.25, 0.3) is 0 Å². The van der Waals surface area contributed by atoms with Gasteiger partial charge in [0.15, 0.2) is 0 Å². The highest BCUT2D eigenvalue weighted by Crippen LogP contribution is 2.02. The third-order valence-corrected chi connectivity index (χ3v) is 3.25. The Labute approximate surface area is 137 Å². The summed E-state index contributed by atoms with van der Waals surface area (Å²) >= 11 is 0. The predicted molar refractivity (Wildman–Crippen MR) is 88.3 cm³/mol. The predicted octanol–water partition coefficient (Wildman–Crippen LogP) is 2.57.